The first-order valence-corrected chi connectivity index (χ1v) is 9.40. The average molecular weight is 407 g/mol. The molecule has 0 fully saturated rings. The van der Waals surface area contributed by atoms with Crippen LogP contribution in [0.1, 0.15) is 4.88 Å². The minimum absolute atomic E-state index is 0.277. The second kappa shape index (κ2) is 8.07. The molecule has 0 aliphatic carbocycles. The number of thiophene rings is 1. The maximum atomic E-state index is 13.0. The lowest BCUT2D eigenvalue weighted by Gasteiger charge is -2.03. The fourth-order valence-corrected chi connectivity index (χ4v) is 3.57. The third-order valence-electron chi connectivity index (χ3n) is 4.00. The number of aromatic nitrogens is 2. The number of hydrogen-bond donors (Lipinski definition) is 2. The maximum absolute atomic E-state index is 13.0. The largest absolute Gasteiger partial charge is 0.439 e. The predicted molar refractivity (Wildman–Crippen MR) is 110 cm³/mol. The first-order valence-electron chi connectivity index (χ1n) is 8.58. The molecule has 4 aromatic rings. The zero-order chi connectivity index (χ0) is 20.2. The number of halogens is 1. The Morgan fingerprint density at radius 1 is 1.10 bits per heavy atom. The van der Waals surface area contributed by atoms with Crippen molar-refractivity contribution in [2.45, 2.75) is 0 Å². The van der Waals surface area contributed by atoms with Gasteiger partial charge in [0.15, 0.2) is 5.82 Å². The van der Waals surface area contributed by atoms with Crippen molar-refractivity contribution in [3.63, 3.8) is 0 Å². The summed E-state index contributed by atoms with van der Waals surface area (Å²) in [5.74, 6) is -0.935. The van der Waals surface area contributed by atoms with Gasteiger partial charge in [-0.25, -0.2) is 9.18 Å². The van der Waals surface area contributed by atoms with Crippen LogP contribution in [0, 0.1) is 5.82 Å². The van der Waals surface area contributed by atoms with Crippen molar-refractivity contribution in [1.29, 1.82) is 0 Å². The lowest BCUT2D eigenvalue weighted by molar-refractivity contribution is -0.111. The number of nitrogens with zero attached hydrogens (tertiary/aromatic N) is 1. The van der Waals surface area contributed by atoms with E-state index in [4.69, 9.17) is 0 Å². The molecule has 2 N–H and O–H groups in total. The number of benzene rings is 2. The number of nitrogens with one attached hydrogen (secondary N) is 2. The highest BCUT2D eigenvalue weighted by molar-refractivity contribution is 7.16. The highest BCUT2D eigenvalue weighted by Crippen LogP contribution is 2.29. The minimum atomic E-state index is -0.645. The molecule has 0 bridgehead atoms. The summed E-state index contributed by atoms with van der Waals surface area (Å²) in [6, 6.07) is 17.0. The van der Waals surface area contributed by atoms with E-state index in [-0.39, 0.29) is 17.5 Å². The molecule has 1 amide bonds. The lowest BCUT2D eigenvalue weighted by atomic mass is 10.2. The Hall–Kier alpha value is -3.78. The lowest BCUT2D eigenvalue weighted by Crippen LogP contribution is -2.07. The number of carbonyl (C=O) groups excluding carboxylic acids is 1. The number of amides is 1. The van der Waals surface area contributed by atoms with Crippen LogP contribution < -0.4 is 11.1 Å². The summed E-state index contributed by atoms with van der Waals surface area (Å²) in [7, 11) is 0. The first kappa shape index (κ1) is 18.6. The third kappa shape index (κ3) is 4.56. The summed E-state index contributed by atoms with van der Waals surface area (Å²) in [6.07, 6.45) is 3.15. The second-order valence-corrected chi connectivity index (χ2v) is 7.17. The zero-order valence-corrected chi connectivity index (χ0v) is 15.7. The first-order chi connectivity index (χ1) is 14.1. The molecule has 2 heterocycles. The summed E-state index contributed by atoms with van der Waals surface area (Å²) < 4.78 is 17.5. The number of anilines is 1. The summed E-state index contributed by atoms with van der Waals surface area (Å²) in [4.78, 5) is 27.6. The molecule has 2 aromatic heterocycles. The minimum Gasteiger partial charge on any atom is -0.322 e. The molecule has 0 aliphatic rings. The van der Waals surface area contributed by atoms with E-state index >= 15 is 0 Å². The third-order valence-corrected chi connectivity index (χ3v) is 5.10. The van der Waals surface area contributed by atoms with Gasteiger partial charge >= 0.3 is 5.76 Å². The average Bonchev–Trinajstić information content (AvgIpc) is 3.36. The SMILES string of the molecule is O=C(/C=C/c1ccc(-c2ccc(F)cc2)s1)Nc1cccc(-c2noc(=O)[nH]2)c1. The van der Waals surface area contributed by atoms with E-state index in [2.05, 4.69) is 20.0 Å². The van der Waals surface area contributed by atoms with Gasteiger partial charge in [-0.3, -0.25) is 14.3 Å². The van der Waals surface area contributed by atoms with Crippen molar-refractivity contribution in [2.75, 3.05) is 5.32 Å². The Morgan fingerprint density at radius 2 is 1.93 bits per heavy atom. The van der Waals surface area contributed by atoms with E-state index in [1.54, 1.807) is 42.5 Å². The van der Waals surface area contributed by atoms with Crippen LogP contribution in [0.5, 0.6) is 0 Å². The Morgan fingerprint density at radius 3 is 2.69 bits per heavy atom. The summed E-state index contributed by atoms with van der Waals surface area (Å²) in [5.41, 5.74) is 2.09. The zero-order valence-electron chi connectivity index (χ0n) is 14.9. The highest BCUT2D eigenvalue weighted by Gasteiger charge is 2.06. The van der Waals surface area contributed by atoms with Gasteiger partial charge in [-0.2, -0.15) is 0 Å². The topological polar surface area (TPSA) is 88.0 Å². The molecule has 4 rings (SSSR count). The van der Waals surface area contributed by atoms with Gasteiger partial charge in [-0.15, -0.1) is 11.3 Å². The van der Waals surface area contributed by atoms with Crippen LogP contribution in [-0.2, 0) is 4.79 Å². The molecular weight excluding hydrogens is 393 g/mol. The van der Waals surface area contributed by atoms with Crippen LogP contribution in [0.15, 0.2) is 76.1 Å². The van der Waals surface area contributed by atoms with Crippen molar-refractivity contribution in [2.24, 2.45) is 0 Å². The number of carbonyl (C=O) groups is 1. The standard InChI is InChI=1S/C21H14FN3O3S/c22-15-6-4-13(5-7-15)18-10-8-17(29-18)9-11-19(26)23-16-3-1-2-14(12-16)20-24-21(27)28-25-20/h1-12H,(H,23,26)(H,24,25,27)/b11-9+. The molecule has 144 valence electrons. The van der Waals surface area contributed by atoms with Crippen molar-refractivity contribution >= 4 is 29.0 Å². The summed E-state index contributed by atoms with van der Waals surface area (Å²) in [6.45, 7) is 0. The van der Waals surface area contributed by atoms with Crippen LogP contribution in [0.25, 0.3) is 27.9 Å². The van der Waals surface area contributed by atoms with Gasteiger partial charge in [-0.1, -0.05) is 29.4 Å². The molecule has 2 aromatic carbocycles. The molecule has 0 atom stereocenters. The van der Waals surface area contributed by atoms with Crippen molar-refractivity contribution in [3.05, 3.63) is 88.0 Å². The van der Waals surface area contributed by atoms with Crippen molar-refractivity contribution in [3.8, 4) is 21.8 Å². The normalized spacial score (nSPS) is 11.1. The molecule has 0 saturated heterocycles. The quantitative estimate of drug-likeness (QED) is 0.475. The number of H-pyrrole nitrogens is 1. The van der Waals surface area contributed by atoms with Crippen molar-refractivity contribution in [1.82, 2.24) is 10.1 Å². The molecule has 0 radical (unpaired) electrons. The van der Waals surface area contributed by atoms with Crippen LogP contribution in [0.4, 0.5) is 10.1 Å². The van der Waals surface area contributed by atoms with E-state index in [9.17, 15) is 14.0 Å². The molecule has 29 heavy (non-hydrogen) atoms. The van der Waals surface area contributed by atoms with E-state index in [0.29, 0.717) is 11.3 Å². The number of aromatic amines is 1. The van der Waals surface area contributed by atoms with Gasteiger partial charge < -0.3 is 5.32 Å². The molecule has 0 aliphatic heterocycles. The Balaban J connectivity index is 1.43. The summed E-state index contributed by atoms with van der Waals surface area (Å²) >= 11 is 1.50. The van der Waals surface area contributed by atoms with Gasteiger partial charge in [0.25, 0.3) is 0 Å². The van der Waals surface area contributed by atoms with Gasteiger partial charge in [0.05, 0.1) is 0 Å². The van der Waals surface area contributed by atoms with Crippen LogP contribution >= 0.6 is 11.3 Å². The van der Waals surface area contributed by atoms with Crippen LogP contribution in [0.2, 0.25) is 0 Å². The molecule has 8 heteroatoms. The van der Waals surface area contributed by atoms with E-state index in [0.717, 1.165) is 15.3 Å². The van der Waals surface area contributed by atoms with Gasteiger partial charge in [-0.05, 0) is 48.0 Å². The molecule has 0 spiro atoms. The number of rotatable bonds is 5. The van der Waals surface area contributed by atoms with Gasteiger partial charge in [0.2, 0.25) is 5.91 Å². The molecular formula is C21H14FN3O3S. The van der Waals surface area contributed by atoms with Crippen LogP contribution in [-0.4, -0.2) is 16.0 Å². The van der Waals surface area contributed by atoms with E-state index < -0.39 is 5.76 Å². The molecule has 0 saturated carbocycles. The summed E-state index contributed by atoms with van der Waals surface area (Å²) in [5, 5.41) is 6.39. The Labute approximate surface area is 168 Å². The Kier molecular flexibility index (Phi) is 5.17. The number of hydrogen-bond acceptors (Lipinski definition) is 5. The highest BCUT2D eigenvalue weighted by atomic mass is 32.1. The predicted octanol–water partition coefficient (Wildman–Crippen LogP) is 4.55. The van der Waals surface area contributed by atoms with E-state index in [1.165, 1.54) is 29.5 Å². The van der Waals surface area contributed by atoms with E-state index in [1.807, 2.05) is 12.1 Å². The fraction of sp³-hybridized carbons (Fsp3) is 0. The Bertz CT molecular complexity index is 1240. The monoisotopic (exact) mass is 407 g/mol. The van der Waals surface area contributed by atoms with Gasteiger partial charge in [0, 0.05) is 27.1 Å². The second-order valence-electron chi connectivity index (χ2n) is 6.06. The van der Waals surface area contributed by atoms with Crippen molar-refractivity contribution < 1.29 is 13.7 Å². The maximum Gasteiger partial charge on any atom is 0.439 e. The molecule has 0 unspecified atom stereocenters. The molecule has 6 nitrogen and oxygen atoms in total. The smallest absolute Gasteiger partial charge is 0.322 e. The van der Waals surface area contributed by atoms with Crippen LogP contribution in [0.3, 0.4) is 0 Å². The fourth-order valence-electron chi connectivity index (χ4n) is 2.65. The van der Waals surface area contributed by atoms with Gasteiger partial charge in [0.1, 0.15) is 5.82 Å².